The molecule has 21 heavy (non-hydrogen) atoms. The molecule has 0 atom stereocenters. The van der Waals surface area contributed by atoms with Gasteiger partial charge in [-0.2, -0.15) is 15.0 Å². The first kappa shape index (κ1) is 14.3. The zero-order valence-corrected chi connectivity index (χ0v) is 12.4. The molecule has 0 radical (unpaired) electrons. The van der Waals surface area contributed by atoms with Crippen molar-refractivity contribution in [3.63, 3.8) is 0 Å². The van der Waals surface area contributed by atoms with E-state index in [2.05, 4.69) is 24.8 Å². The molecule has 3 N–H and O–H groups in total. The van der Waals surface area contributed by atoms with Crippen LogP contribution in [0.5, 0.6) is 0 Å². The van der Waals surface area contributed by atoms with Crippen LogP contribution in [0.2, 0.25) is 0 Å². The Bertz CT molecular complexity index is 469. The summed E-state index contributed by atoms with van der Waals surface area (Å²) in [5, 5.41) is 9.22. The molecule has 7 heteroatoms. The number of piperidine rings is 2. The number of rotatable bonds is 3. The van der Waals surface area contributed by atoms with Crippen molar-refractivity contribution < 1.29 is 5.11 Å². The van der Waals surface area contributed by atoms with Gasteiger partial charge in [-0.3, -0.25) is 0 Å². The van der Waals surface area contributed by atoms with Crippen LogP contribution in [-0.4, -0.2) is 52.8 Å². The summed E-state index contributed by atoms with van der Waals surface area (Å²) in [5.41, 5.74) is 5.87. The van der Waals surface area contributed by atoms with Gasteiger partial charge in [0.1, 0.15) is 0 Å². The molecule has 1 aromatic rings. The molecule has 0 aliphatic carbocycles. The van der Waals surface area contributed by atoms with Gasteiger partial charge in [-0.25, -0.2) is 0 Å². The molecule has 2 saturated heterocycles. The van der Waals surface area contributed by atoms with E-state index in [0.717, 1.165) is 39.0 Å². The quantitative estimate of drug-likeness (QED) is 0.845. The van der Waals surface area contributed by atoms with Crippen molar-refractivity contribution in [2.24, 2.45) is 5.92 Å². The molecular weight excluding hydrogens is 268 g/mol. The van der Waals surface area contributed by atoms with Crippen LogP contribution >= 0.6 is 0 Å². The molecule has 0 aromatic carbocycles. The normalized spacial score (nSPS) is 20.8. The number of aliphatic hydroxyl groups is 1. The van der Waals surface area contributed by atoms with Crippen molar-refractivity contribution in [1.29, 1.82) is 0 Å². The van der Waals surface area contributed by atoms with Crippen molar-refractivity contribution in [2.75, 3.05) is 48.3 Å². The zero-order chi connectivity index (χ0) is 14.7. The number of anilines is 3. The molecule has 0 bridgehead atoms. The third-order valence-electron chi connectivity index (χ3n) is 4.42. The van der Waals surface area contributed by atoms with Crippen molar-refractivity contribution in [1.82, 2.24) is 15.0 Å². The summed E-state index contributed by atoms with van der Waals surface area (Å²) in [5.74, 6) is 2.09. The van der Waals surface area contributed by atoms with Crippen molar-refractivity contribution in [2.45, 2.75) is 32.1 Å². The van der Waals surface area contributed by atoms with Crippen LogP contribution in [-0.2, 0) is 0 Å². The SMILES string of the molecule is Nc1nc(N2CCCCC2)nc(N2CCC(CO)CC2)n1. The van der Waals surface area contributed by atoms with Crippen LogP contribution in [0, 0.1) is 5.92 Å². The fourth-order valence-corrected chi connectivity index (χ4v) is 3.06. The Morgan fingerprint density at radius 3 is 2.05 bits per heavy atom. The standard InChI is InChI=1S/C14H24N6O/c15-12-16-13(19-6-2-1-3-7-19)18-14(17-12)20-8-4-11(10-21)5-9-20/h11,21H,1-10H2,(H2,15,16,17,18). The molecule has 0 saturated carbocycles. The largest absolute Gasteiger partial charge is 0.396 e. The van der Waals surface area contributed by atoms with E-state index in [-0.39, 0.29) is 6.61 Å². The minimum atomic E-state index is 0.270. The predicted molar refractivity (Wildman–Crippen MR) is 82.3 cm³/mol. The van der Waals surface area contributed by atoms with E-state index in [1.54, 1.807) is 0 Å². The Hall–Kier alpha value is -1.63. The van der Waals surface area contributed by atoms with Gasteiger partial charge < -0.3 is 20.6 Å². The summed E-state index contributed by atoms with van der Waals surface area (Å²) in [6, 6.07) is 0. The van der Waals surface area contributed by atoms with E-state index in [0.29, 0.717) is 23.8 Å². The average Bonchev–Trinajstić information content (AvgIpc) is 2.55. The lowest BCUT2D eigenvalue weighted by atomic mass is 9.98. The van der Waals surface area contributed by atoms with Crippen LogP contribution in [0.3, 0.4) is 0 Å². The summed E-state index contributed by atoms with van der Waals surface area (Å²) < 4.78 is 0. The minimum absolute atomic E-state index is 0.270. The molecule has 3 rings (SSSR count). The van der Waals surface area contributed by atoms with Crippen molar-refractivity contribution in [3.05, 3.63) is 0 Å². The number of aromatic nitrogens is 3. The maximum atomic E-state index is 9.22. The van der Waals surface area contributed by atoms with Gasteiger partial charge in [-0.15, -0.1) is 0 Å². The first-order valence-corrected chi connectivity index (χ1v) is 7.88. The second-order valence-electron chi connectivity index (χ2n) is 5.95. The molecule has 0 spiro atoms. The van der Waals surface area contributed by atoms with Crippen LogP contribution < -0.4 is 15.5 Å². The van der Waals surface area contributed by atoms with Crippen LogP contribution in [0.15, 0.2) is 0 Å². The van der Waals surface area contributed by atoms with Gasteiger partial charge in [-0.1, -0.05) is 0 Å². The molecule has 2 aliphatic rings. The van der Waals surface area contributed by atoms with Gasteiger partial charge in [0.05, 0.1) is 0 Å². The van der Waals surface area contributed by atoms with E-state index >= 15 is 0 Å². The monoisotopic (exact) mass is 292 g/mol. The third kappa shape index (κ3) is 3.34. The highest BCUT2D eigenvalue weighted by atomic mass is 16.3. The zero-order valence-electron chi connectivity index (χ0n) is 12.4. The van der Waals surface area contributed by atoms with E-state index in [4.69, 9.17) is 5.73 Å². The first-order chi connectivity index (χ1) is 10.3. The number of aliphatic hydroxyl groups excluding tert-OH is 1. The average molecular weight is 292 g/mol. The fourth-order valence-electron chi connectivity index (χ4n) is 3.06. The number of nitrogens with two attached hydrogens (primary N) is 1. The van der Waals surface area contributed by atoms with E-state index in [1.807, 2.05) is 0 Å². The number of nitrogen functional groups attached to an aromatic ring is 1. The van der Waals surface area contributed by atoms with Gasteiger partial charge in [0.15, 0.2) is 0 Å². The lowest BCUT2D eigenvalue weighted by Gasteiger charge is -2.32. The van der Waals surface area contributed by atoms with Crippen molar-refractivity contribution >= 4 is 17.8 Å². The molecule has 7 nitrogen and oxygen atoms in total. The van der Waals surface area contributed by atoms with Gasteiger partial charge in [-0.05, 0) is 38.0 Å². The van der Waals surface area contributed by atoms with Crippen LogP contribution in [0.25, 0.3) is 0 Å². The lowest BCUT2D eigenvalue weighted by Crippen LogP contribution is -2.37. The summed E-state index contributed by atoms with van der Waals surface area (Å²) in [6.07, 6.45) is 5.59. The summed E-state index contributed by atoms with van der Waals surface area (Å²) in [6.45, 7) is 4.00. The second-order valence-corrected chi connectivity index (χ2v) is 5.95. The smallest absolute Gasteiger partial charge is 0.231 e. The van der Waals surface area contributed by atoms with E-state index in [1.165, 1.54) is 19.3 Å². The molecule has 2 aliphatic heterocycles. The van der Waals surface area contributed by atoms with E-state index in [9.17, 15) is 5.11 Å². The molecule has 1 aromatic heterocycles. The lowest BCUT2D eigenvalue weighted by molar-refractivity contribution is 0.202. The number of hydrogen-bond acceptors (Lipinski definition) is 7. The van der Waals surface area contributed by atoms with Crippen LogP contribution in [0.4, 0.5) is 17.8 Å². The third-order valence-corrected chi connectivity index (χ3v) is 4.42. The molecule has 0 amide bonds. The maximum Gasteiger partial charge on any atom is 0.231 e. The highest BCUT2D eigenvalue weighted by Crippen LogP contribution is 2.23. The Kier molecular flexibility index (Phi) is 4.38. The van der Waals surface area contributed by atoms with Gasteiger partial charge in [0, 0.05) is 32.8 Å². The molecular formula is C14H24N6O. The second kappa shape index (κ2) is 6.43. The van der Waals surface area contributed by atoms with Gasteiger partial charge in [0.25, 0.3) is 0 Å². The predicted octanol–water partition coefficient (Wildman–Crippen LogP) is 0.653. The Morgan fingerprint density at radius 1 is 0.905 bits per heavy atom. The maximum absolute atomic E-state index is 9.22. The Morgan fingerprint density at radius 2 is 1.48 bits per heavy atom. The molecule has 3 heterocycles. The Balaban J connectivity index is 1.74. The van der Waals surface area contributed by atoms with E-state index < -0.39 is 0 Å². The summed E-state index contributed by atoms with van der Waals surface area (Å²) in [4.78, 5) is 17.6. The fraction of sp³-hybridized carbons (Fsp3) is 0.786. The summed E-state index contributed by atoms with van der Waals surface area (Å²) in [7, 11) is 0. The molecule has 2 fully saturated rings. The number of nitrogens with zero attached hydrogens (tertiary/aromatic N) is 5. The number of hydrogen-bond donors (Lipinski definition) is 2. The van der Waals surface area contributed by atoms with Gasteiger partial charge >= 0.3 is 0 Å². The van der Waals surface area contributed by atoms with Crippen molar-refractivity contribution in [3.8, 4) is 0 Å². The molecule has 116 valence electrons. The first-order valence-electron chi connectivity index (χ1n) is 7.88. The highest BCUT2D eigenvalue weighted by molar-refractivity contribution is 5.44. The van der Waals surface area contributed by atoms with Gasteiger partial charge in [0.2, 0.25) is 17.8 Å². The summed E-state index contributed by atoms with van der Waals surface area (Å²) >= 11 is 0. The Labute approximate surface area is 125 Å². The molecule has 0 unspecified atom stereocenters. The van der Waals surface area contributed by atoms with Crippen LogP contribution in [0.1, 0.15) is 32.1 Å². The minimum Gasteiger partial charge on any atom is -0.396 e. The highest BCUT2D eigenvalue weighted by Gasteiger charge is 2.22. The topological polar surface area (TPSA) is 91.4 Å².